The summed E-state index contributed by atoms with van der Waals surface area (Å²) in [4.78, 5) is 29.1. The quantitative estimate of drug-likeness (QED) is 0.755. The average Bonchev–Trinajstić information content (AvgIpc) is 2.77. The van der Waals surface area contributed by atoms with E-state index in [0.717, 1.165) is 0 Å². The van der Waals surface area contributed by atoms with Gasteiger partial charge in [-0.1, -0.05) is 12.1 Å². The number of rotatable bonds is 3. The molecule has 170 valence electrons. The van der Waals surface area contributed by atoms with Crippen LogP contribution in [0.2, 0.25) is 0 Å². The summed E-state index contributed by atoms with van der Waals surface area (Å²) in [6, 6.07) is 5.48. The second kappa shape index (κ2) is 10.0. The van der Waals surface area contributed by atoms with E-state index in [1.807, 2.05) is 0 Å². The Morgan fingerprint density at radius 3 is 2.65 bits per heavy atom. The van der Waals surface area contributed by atoms with Gasteiger partial charge in [-0.2, -0.15) is 0 Å². The van der Waals surface area contributed by atoms with Crippen molar-refractivity contribution in [1.82, 2.24) is 9.80 Å². The van der Waals surface area contributed by atoms with Gasteiger partial charge < -0.3 is 29.1 Å². The summed E-state index contributed by atoms with van der Waals surface area (Å²) in [5, 5.41) is 10.2. The van der Waals surface area contributed by atoms with Crippen molar-refractivity contribution >= 4 is 11.8 Å². The van der Waals surface area contributed by atoms with Crippen LogP contribution in [0.4, 0.5) is 4.39 Å². The predicted octanol–water partition coefficient (Wildman–Crippen LogP) is 0.824. The zero-order valence-electron chi connectivity index (χ0n) is 17.5. The summed E-state index contributed by atoms with van der Waals surface area (Å²) in [6.45, 7) is 2.56. The first kappa shape index (κ1) is 22.1. The second-order valence-corrected chi connectivity index (χ2v) is 8.27. The summed E-state index contributed by atoms with van der Waals surface area (Å²) >= 11 is 0. The molecule has 9 heteroatoms. The van der Waals surface area contributed by atoms with Crippen LogP contribution in [0.1, 0.15) is 29.6 Å². The largest absolute Gasteiger partial charge is 0.389 e. The smallest absolute Gasteiger partial charge is 0.257 e. The molecule has 3 fully saturated rings. The number of hydrogen-bond donors (Lipinski definition) is 1. The zero-order valence-corrected chi connectivity index (χ0v) is 17.5. The Kier molecular flexibility index (Phi) is 7.16. The van der Waals surface area contributed by atoms with Gasteiger partial charge in [-0.05, 0) is 25.0 Å². The van der Waals surface area contributed by atoms with Crippen LogP contribution in [0.3, 0.4) is 0 Å². The van der Waals surface area contributed by atoms with E-state index in [4.69, 9.17) is 14.2 Å². The Bertz CT molecular complexity index is 787. The minimum absolute atomic E-state index is 0.0282. The first-order valence-electron chi connectivity index (χ1n) is 10.8. The third-order valence-corrected chi connectivity index (χ3v) is 6.11. The minimum atomic E-state index is -0.864. The van der Waals surface area contributed by atoms with Crippen LogP contribution in [0.15, 0.2) is 24.3 Å². The molecule has 3 saturated heterocycles. The van der Waals surface area contributed by atoms with Gasteiger partial charge >= 0.3 is 0 Å². The lowest BCUT2D eigenvalue weighted by molar-refractivity contribution is -0.157. The molecule has 3 aliphatic heterocycles. The first-order chi connectivity index (χ1) is 15.0. The summed E-state index contributed by atoms with van der Waals surface area (Å²) < 4.78 is 31.3. The summed E-state index contributed by atoms with van der Waals surface area (Å²) in [5.41, 5.74) is -0.0282. The van der Waals surface area contributed by atoms with Gasteiger partial charge in [-0.25, -0.2) is 4.39 Å². The first-order valence-corrected chi connectivity index (χ1v) is 10.8. The van der Waals surface area contributed by atoms with Crippen LogP contribution in [-0.2, 0) is 19.0 Å². The summed E-state index contributed by atoms with van der Waals surface area (Å²) in [6.07, 6.45) is -0.129. The van der Waals surface area contributed by atoms with Crippen molar-refractivity contribution in [2.45, 2.75) is 43.6 Å². The molecule has 0 saturated carbocycles. The van der Waals surface area contributed by atoms with Crippen molar-refractivity contribution in [2.24, 2.45) is 0 Å². The fourth-order valence-electron chi connectivity index (χ4n) is 4.50. The highest BCUT2D eigenvalue weighted by Gasteiger charge is 2.41. The third kappa shape index (κ3) is 5.23. The van der Waals surface area contributed by atoms with E-state index < -0.39 is 23.9 Å². The van der Waals surface area contributed by atoms with E-state index >= 15 is 0 Å². The van der Waals surface area contributed by atoms with Crippen molar-refractivity contribution < 1.29 is 33.3 Å². The van der Waals surface area contributed by atoms with Gasteiger partial charge in [-0.3, -0.25) is 9.59 Å². The van der Waals surface area contributed by atoms with Crippen molar-refractivity contribution in [2.75, 3.05) is 46.1 Å². The molecule has 0 bridgehead atoms. The average molecular weight is 436 g/mol. The molecule has 1 aromatic rings. The number of fused-ring (bicyclic) bond motifs is 1. The topological polar surface area (TPSA) is 88.5 Å². The van der Waals surface area contributed by atoms with Crippen LogP contribution < -0.4 is 0 Å². The lowest BCUT2D eigenvalue weighted by Gasteiger charge is -2.44. The molecule has 4 atom stereocenters. The zero-order chi connectivity index (χ0) is 21.8. The number of halogens is 1. The molecule has 31 heavy (non-hydrogen) atoms. The van der Waals surface area contributed by atoms with E-state index in [-0.39, 0.29) is 49.8 Å². The fraction of sp³-hybridized carbons (Fsp3) is 0.636. The lowest BCUT2D eigenvalue weighted by Crippen LogP contribution is -2.57. The maximum atomic E-state index is 14.3. The third-order valence-electron chi connectivity index (χ3n) is 6.11. The number of aliphatic hydroxyl groups excluding tert-OH is 1. The van der Waals surface area contributed by atoms with Gasteiger partial charge in [0.1, 0.15) is 11.9 Å². The summed E-state index contributed by atoms with van der Waals surface area (Å²) in [5.74, 6) is -1.03. The monoisotopic (exact) mass is 436 g/mol. The number of ether oxygens (including phenoxy) is 3. The highest BCUT2D eigenvalue weighted by Crippen LogP contribution is 2.29. The number of amides is 2. The molecule has 4 rings (SSSR count). The molecule has 0 spiro atoms. The van der Waals surface area contributed by atoms with Gasteiger partial charge in [0.05, 0.1) is 56.7 Å². The molecule has 0 unspecified atom stereocenters. The van der Waals surface area contributed by atoms with Gasteiger partial charge in [0.25, 0.3) is 5.91 Å². The van der Waals surface area contributed by atoms with Gasteiger partial charge in [0.15, 0.2) is 0 Å². The highest BCUT2D eigenvalue weighted by molar-refractivity contribution is 5.94. The number of aliphatic hydroxyl groups is 1. The van der Waals surface area contributed by atoms with Crippen LogP contribution in [0, 0.1) is 5.82 Å². The minimum Gasteiger partial charge on any atom is -0.389 e. The van der Waals surface area contributed by atoms with E-state index in [1.165, 1.54) is 23.1 Å². The standard InChI is InChI=1S/C22H29FN2O6/c23-18-4-2-1-3-17(18)22(28)25-12-15(26)13-30-14-20-19(25)6-5-16(31-20)11-21(27)24-7-9-29-10-8-24/h1-4,15-16,19-20,26H,5-14H2/t15-,16+,19+,20-/m1/s1. The second-order valence-electron chi connectivity index (χ2n) is 8.27. The number of carbonyl (C=O) groups excluding carboxylic acids is 2. The number of hydrogen-bond acceptors (Lipinski definition) is 6. The van der Waals surface area contributed by atoms with E-state index in [9.17, 15) is 19.1 Å². The summed E-state index contributed by atoms with van der Waals surface area (Å²) in [7, 11) is 0. The Morgan fingerprint density at radius 2 is 1.87 bits per heavy atom. The van der Waals surface area contributed by atoms with Crippen LogP contribution in [-0.4, -0.2) is 97.1 Å². The normalized spacial score (nSPS) is 29.6. The maximum absolute atomic E-state index is 14.3. The van der Waals surface area contributed by atoms with Crippen LogP contribution >= 0.6 is 0 Å². The van der Waals surface area contributed by atoms with Crippen molar-refractivity contribution in [3.8, 4) is 0 Å². The number of benzene rings is 1. The highest BCUT2D eigenvalue weighted by atomic mass is 19.1. The molecule has 8 nitrogen and oxygen atoms in total. The molecule has 1 aromatic carbocycles. The molecule has 1 N–H and O–H groups in total. The van der Waals surface area contributed by atoms with Crippen molar-refractivity contribution in [3.05, 3.63) is 35.6 Å². The van der Waals surface area contributed by atoms with Gasteiger partial charge in [-0.15, -0.1) is 0 Å². The van der Waals surface area contributed by atoms with E-state index in [0.29, 0.717) is 39.1 Å². The predicted molar refractivity (Wildman–Crippen MR) is 108 cm³/mol. The van der Waals surface area contributed by atoms with E-state index in [2.05, 4.69) is 0 Å². The maximum Gasteiger partial charge on any atom is 0.257 e. The Labute approximate surface area is 180 Å². The molecular weight excluding hydrogens is 407 g/mol. The van der Waals surface area contributed by atoms with Gasteiger partial charge in [0.2, 0.25) is 5.91 Å². The SMILES string of the molecule is O=C(C[C@@H]1CC[C@H]2[C@@H](COC[C@H](O)CN2C(=O)c2ccccc2F)O1)N1CCOCC1. The Morgan fingerprint density at radius 1 is 1.10 bits per heavy atom. The van der Waals surface area contributed by atoms with E-state index in [1.54, 1.807) is 11.0 Å². The number of β-amino-alcohol motifs (C(OH)–C–C–N with tert-alkyl or cyclic N) is 1. The lowest BCUT2D eigenvalue weighted by atomic mass is 9.94. The fourth-order valence-corrected chi connectivity index (χ4v) is 4.50. The van der Waals surface area contributed by atoms with Crippen molar-refractivity contribution in [3.63, 3.8) is 0 Å². The van der Waals surface area contributed by atoms with Crippen LogP contribution in [0.25, 0.3) is 0 Å². The molecule has 0 aliphatic carbocycles. The molecule has 0 radical (unpaired) electrons. The Balaban J connectivity index is 1.46. The van der Waals surface area contributed by atoms with Crippen molar-refractivity contribution in [1.29, 1.82) is 0 Å². The molecule has 3 heterocycles. The van der Waals surface area contributed by atoms with Crippen LogP contribution in [0.5, 0.6) is 0 Å². The Hall–Kier alpha value is -2.07. The molecule has 3 aliphatic rings. The molecule has 0 aromatic heterocycles. The molecule has 2 amide bonds. The number of morpholine rings is 1. The number of nitrogens with zero attached hydrogens (tertiary/aromatic N) is 2. The number of carbonyl (C=O) groups is 2. The molecular formula is C22H29FN2O6. The van der Waals surface area contributed by atoms with Gasteiger partial charge in [0, 0.05) is 19.6 Å².